The Bertz CT molecular complexity index is 724. The summed E-state index contributed by atoms with van der Waals surface area (Å²) >= 11 is 0. The molecule has 0 fully saturated rings. The fourth-order valence-corrected chi connectivity index (χ4v) is 2.46. The van der Waals surface area contributed by atoms with Crippen molar-refractivity contribution in [1.82, 2.24) is 15.5 Å². The molecule has 2 aromatic carbocycles. The zero-order valence-corrected chi connectivity index (χ0v) is 13.0. The minimum Gasteiger partial charge on any atom is -0.383 e. The fourth-order valence-electron chi connectivity index (χ4n) is 2.46. The number of benzene rings is 2. The summed E-state index contributed by atoms with van der Waals surface area (Å²) in [6.07, 6.45) is 1.67. The summed E-state index contributed by atoms with van der Waals surface area (Å²) in [4.78, 5) is 0. The van der Waals surface area contributed by atoms with Gasteiger partial charge in [0.1, 0.15) is 5.82 Å². The van der Waals surface area contributed by atoms with Crippen LogP contribution in [0.3, 0.4) is 0 Å². The molecule has 1 aromatic heterocycles. The van der Waals surface area contributed by atoms with Gasteiger partial charge in [-0.05, 0) is 23.6 Å². The summed E-state index contributed by atoms with van der Waals surface area (Å²) in [7, 11) is 0. The van der Waals surface area contributed by atoms with E-state index >= 15 is 0 Å². The van der Waals surface area contributed by atoms with E-state index < -0.39 is 0 Å². The lowest BCUT2D eigenvalue weighted by molar-refractivity contribution is 0.717. The zero-order chi connectivity index (χ0) is 15.7. The van der Waals surface area contributed by atoms with Crippen LogP contribution in [0.4, 0.5) is 11.5 Å². The highest BCUT2D eigenvalue weighted by atomic mass is 15.2. The lowest BCUT2D eigenvalue weighted by Crippen LogP contribution is -2.27. The standard InChI is InChI=1S/C18H21N5/c1-2-7-16-15(5-1)6-3-8-17(16)20-13-11-19-12-14-21-18-9-4-10-22-23-18/h1-10,19-20H,11-14H2,(H,21,23). The van der Waals surface area contributed by atoms with E-state index in [0.717, 1.165) is 32.0 Å². The SMILES string of the molecule is c1cnnc(NCCNCCNc2cccc3ccccc23)c1. The molecule has 0 saturated carbocycles. The lowest BCUT2D eigenvalue weighted by atomic mass is 10.1. The van der Waals surface area contributed by atoms with E-state index in [4.69, 9.17) is 0 Å². The molecule has 0 saturated heterocycles. The van der Waals surface area contributed by atoms with Crippen LogP contribution in [0.5, 0.6) is 0 Å². The summed E-state index contributed by atoms with van der Waals surface area (Å²) < 4.78 is 0. The van der Waals surface area contributed by atoms with Crippen molar-refractivity contribution in [1.29, 1.82) is 0 Å². The second kappa shape index (κ2) is 8.10. The Morgan fingerprint density at radius 1 is 0.739 bits per heavy atom. The summed E-state index contributed by atoms with van der Waals surface area (Å²) in [6.45, 7) is 3.51. The maximum absolute atomic E-state index is 3.98. The van der Waals surface area contributed by atoms with Crippen LogP contribution >= 0.6 is 0 Å². The third-order valence-corrected chi connectivity index (χ3v) is 3.59. The number of rotatable bonds is 8. The van der Waals surface area contributed by atoms with Crippen molar-refractivity contribution >= 4 is 22.3 Å². The van der Waals surface area contributed by atoms with Gasteiger partial charge in [-0.1, -0.05) is 36.4 Å². The molecule has 23 heavy (non-hydrogen) atoms. The smallest absolute Gasteiger partial charge is 0.148 e. The average molecular weight is 307 g/mol. The van der Waals surface area contributed by atoms with E-state index in [1.807, 2.05) is 12.1 Å². The summed E-state index contributed by atoms with van der Waals surface area (Å²) in [5, 5.41) is 20.4. The minimum absolute atomic E-state index is 0.809. The van der Waals surface area contributed by atoms with Crippen molar-refractivity contribution in [3.8, 4) is 0 Å². The number of fused-ring (bicyclic) bond motifs is 1. The van der Waals surface area contributed by atoms with Crippen LogP contribution < -0.4 is 16.0 Å². The van der Waals surface area contributed by atoms with E-state index in [1.165, 1.54) is 16.5 Å². The van der Waals surface area contributed by atoms with E-state index in [-0.39, 0.29) is 0 Å². The Labute approximate surface area is 136 Å². The van der Waals surface area contributed by atoms with Crippen LogP contribution in [0, 0.1) is 0 Å². The number of nitrogens with zero attached hydrogens (tertiary/aromatic N) is 2. The van der Waals surface area contributed by atoms with Crippen molar-refractivity contribution < 1.29 is 0 Å². The maximum atomic E-state index is 3.98. The third kappa shape index (κ3) is 4.40. The Hall–Kier alpha value is -2.66. The van der Waals surface area contributed by atoms with Crippen LogP contribution in [-0.2, 0) is 0 Å². The molecular weight excluding hydrogens is 286 g/mol. The van der Waals surface area contributed by atoms with Crippen LogP contribution in [0.1, 0.15) is 0 Å². The van der Waals surface area contributed by atoms with E-state index in [1.54, 1.807) is 6.20 Å². The number of anilines is 2. The summed E-state index contributed by atoms with van der Waals surface area (Å²) in [5.41, 5.74) is 1.18. The first-order chi connectivity index (χ1) is 11.4. The van der Waals surface area contributed by atoms with E-state index in [2.05, 4.69) is 68.6 Å². The van der Waals surface area contributed by atoms with Gasteiger partial charge in [-0.15, -0.1) is 5.10 Å². The molecule has 3 N–H and O–H groups in total. The molecule has 0 aliphatic heterocycles. The van der Waals surface area contributed by atoms with Crippen molar-refractivity contribution in [3.05, 3.63) is 60.8 Å². The summed E-state index contributed by atoms with van der Waals surface area (Å²) in [6, 6.07) is 18.6. The molecule has 0 bridgehead atoms. The summed E-state index contributed by atoms with van der Waals surface area (Å²) in [5.74, 6) is 0.809. The first kappa shape index (κ1) is 15.2. The number of nitrogens with one attached hydrogen (secondary N) is 3. The molecule has 3 rings (SSSR count). The molecule has 5 heteroatoms. The predicted octanol–water partition coefficient (Wildman–Crippen LogP) is 2.74. The van der Waals surface area contributed by atoms with Gasteiger partial charge in [0, 0.05) is 43.4 Å². The molecule has 1 heterocycles. The number of hydrogen-bond donors (Lipinski definition) is 3. The van der Waals surface area contributed by atoms with Gasteiger partial charge in [-0.2, -0.15) is 5.10 Å². The highest BCUT2D eigenvalue weighted by molar-refractivity contribution is 5.93. The normalized spacial score (nSPS) is 10.6. The first-order valence-electron chi connectivity index (χ1n) is 7.87. The predicted molar refractivity (Wildman–Crippen MR) is 95.8 cm³/mol. The lowest BCUT2D eigenvalue weighted by Gasteiger charge is -2.11. The van der Waals surface area contributed by atoms with Gasteiger partial charge in [-0.25, -0.2) is 0 Å². The van der Waals surface area contributed by atoms with Gasteiger partial charge in [-0.3, -0.25) is 0 Å². The van der Waals surface area contributed by atoms with Crippen molar-refractivity contribution in [2.45, 2.75) is 0 Å². The molecule has 0 amide bonds. The largest absolute Gasteiger partial charge is 0.383 e. The maximum Gasteiger partial charge on any atom is 0.148 e. The molecule has 0 unspecified atom stereocenters. The van der Waals surface area contributed by atoms with E-state index in [0.29, 0.717) is 0 Å². The first-order valence-corrected chi connectivity index (χ1v) is 7.87. The molecule has 5 nitrogen and oxygen atoms in total. The molecule has 0 aliphatic carbocycles. The molecular formula is C18H21N5. The topological polar surface area (TPSA) is 61.9 Å². The Kier molecular flexibility index (Phi) is 5.37. The van der Waals surface area contributed by atoms with Crippen LogP contribution in [0.15, 0.2) is 60.8 Å². The van der Waals surface area contributed by atoms with Crippen LogP contribution in [-0.4, -0.2) is 36.4 Å². The monoisotopic (exact) mass is 307 g/mol. The van der Waals surface area contributed by atoms with Gasteiger partial charge in [0.2, 0.25) is 0 Å². The van der Waals surface area contributed by atoms with Gasteiger partial charge in [0.15, 0.2) is 0 Å². The molecule has 0 aliphatic rings. The second-order valence-electron chi connectivity index (χ2n) is 5.24. The average Bonchev–Trinajstić information content (AvgIpc) is 2.62. The molecule has 0 spiro atoms. The van der Waals surface area contributed by atoms with Gasteiger partial charge < -0.3 is 16.0 Å². The highest BCUT2D eigenvalue weighted by Crippen LogP contribution is 2.22. The van der Waals surface area contributed by atoms with Gasteiger partial charge in [0.05, 0.1) is 0 Å². The van der Waals surface area contributed by atoms with Crippen molar-refractivity contribution in [2.24, 2.45) is 0 Å². The molecule has 0 radical (unpaired) electrons. The quantitative estimate of drug-likeness (QED) is 0.559. The minimum atomic E-state index is 0.809. The fraction of sp³-hybridized carbons (Fsp3) is 0.222. The number of aromatic nitrogens is 2. The molecule has 3 aromatic rings. The van der Waals surface area contributed by atoms with Gasteiger partial charge >= 0.3 is 0 Å². The van der Waals surface area contributed by atoms with Crippen molar-refractivity contribution in [3.63, 3.8) is 0 Å². The zero-order valence-electron chi connectivity index (χ0n) is 13.0. The Morgan fingerprint density at radius 3 is 2.43 bits per heavy atom. The Morgan fingerprint density at radius 2 is 1.57 bits per heavy atom. The van der Waals surface area contributed by atoms with Gasteiger partial charge in [0.25, 0.3) is 0 Å². The van der Waals surface area contributed by atoms with E-state index in [9.17, 15) is 0 Å². The van der Waals surface area contributed by atoms with Crippen LogP contribution in [0.25, 0.3) is 10.8 Å². The number of hydrogen-bond acceptors (Lipinski definition) is 5. The highest BCUT2D eigenvalue weighted by Gasteiger charge is 1.98. The van der Waals surface area contributed by atoms with Crippen molar-refractivity contribution in [2.75, 3.05) is 36.8 Å². The Balaban J connectivity index is 1.37. The third-order valence-electron chi connectivity index (χ3n) is 3.59. The van der Waals surface area contributed by atoms with Crippen LogP contribution in [0.2, 0.25) is 0 Å². The second-order valence-corrected chi connectivity index (χ2v) is 5.24. The molecule has 0 atom stereocenters. The molecule has 118 valence electrons.